The Morgan fingerprint density at radius 1 is 0.882 bits per heavy atom. The summed E-state index contributed by atoms with van der Waals surface area (Å²) in [4.78, 5) is 0.536. The van der Waals surface area contributed by atoms with Crippen LogP contribution in [0.5, 0.6) is 5.75 Å². The number of aromatic hydroxyl groups is 1. The van der Waals surface area contributed by atoms with Gasteiger partial charge in [-0.2, -0.15) is 0 Å². The zero-order valence-electron chi connectivity index (χ0n) is 8.78. The molecule has 5 heteroatoms. The Morgan fingerprint density at radius 2 is 1.65 bits per heavy atom. The predicted molar refractivity (Wildman–Crippen MR) is 61.8 cm³/mol. The van der Waals surface area contributed by atoms with Crippen LogP contribution in [-0.2, 0) is 0 Å². The van der Waals surface area contributed by atoms with Gasteiger partial charge in [0.15, 0.2) is 0 Å². The van der Waals surface area contributed by atoms with Crippen LogP contribution in [0.1, 0.15) is 0 Å². The van der Waals surface area contributed by atoms with Gasteiger partial charge in [0, 0.05) is 11.1 Å². The van der Waals surface area contributed by atoms with E-state index in [9.17, 15) is 10.3 Å². The third-order valence-electron chi connectivity index (χ3n) is 2.60. The minimum absolute atomic E-state index is 0.174. The first-order valence-electron chi connectivity index (χ1n) is 5.09. The molecular formula is C12H9N3O2. The summed E-state index contributed by atoms with van der Waals surface area (Å²) in [6, 6.07) is 12.4. The summed E-state index contributed by atoms with van der Waals surface area (Å²) in [5.41, 5.74) is 2.53. The molecule has 1 aromatic heterocycles. The SMILES string of the molecule is Oc1ccccc1-c1cccc2nn(O)nc12. The van der Waals surface area contributed by atoms with Crippen LogP contribution in [0.15, 0.2) is 42.5 Å². The molecule has 0 aliphatic rings. The third kappa shape index (κ3) is 1.48. The first-order chi connectivity index (χ1) is 8.25. The Morgan fingerprint density at radius 3 is 2.47 bits per heavy atom. The Labute approximate surface area is 96.5 Å². The van der Waals surface area contributed by atoms with Gasteiger partial charge < -0.3 is 10.3 Å². The van der Waals surface area contributed by atoms with Gasteiger partial charge in [-0.25, -0.2) is 0 Å². The van der Waals surface area contributed by atoms with Gasteiger partial charge in [0.05, 0.1) is 0 Å². The Bertz CT molecular complexity index is 691. The molecule has 3 aromatic rings. The number of fused-ring (bicyclic) bond motifs is 1. The van der Waals surface area contributed by atoms with E-state index in [0.717, 1.165) is 5.56 Å². The number of aromatic nitrogens is 3. The van der Waals surface area contributed by atoms with E-state index in [0.29, 0.717) is 21.6 Å². The highest BCUT2D eigenvalue weighted by atomic mass is 16.5. The van der Waals surface area contributed by atoms with E-state index in [1.807, 2.05) is 12.1 Å². The van der Waals surface area contributed by atoms with Crippen LogP contribution in [-0.4, -0.2) is 25.5 Å². The van der Waals surface area contributed by atoms with E-state index < -0.39 is 0 Å². The van der Waals surface area contributed by atoms with Gasteiger partial charge >= 0.3 is 0 Å². The van der Waals surface area contributed by atoms with E-state index in [1.54, 1.807) is 30.3 Å². The molecule has 0 atom stereocenters. The lowest BCUT2D eigenvalue weighted by Crippen LogP contribution is -1.93. The highest BCUT2D eigenvalue weighted by Gasteiger charge is 2.11. The van der Waals surface area contributed by atoms with Crippen LogP contribution >= 0.6 is 0 Å². The molecule has 0 saturated carbocycles. The molecular weight excluding hydrogens is 218 g/mol. The first-order valence-corrected chi connectivity index (χ1v) is 5.09. The maximum atomic E-state index is 9.81. The third-order valence-corrected chi connectivity index (χ3v) is 2.60. The lowest BCUT2D eigenvalue weighted by atomic mass is 10.0. The Kier molecular flexibility index (Phi) is 1.98. The number of phenolic OH excluding ortho intramolecular Hbond substituents is 1. The minimum Gasteiger partial charge on any atom is -0.507 e. The molecule has 0 spiro atoms. The average Bonchev–Trinajstić information content (AvgIpc) is 2.70. The molecule has 3 rings (SSSR count). The van der Waals surface area contributed by atoms with Crippen molar-refractivity contribution in [2.24, 2.45) is 0 Å². The summed E-state index contributed by atoms with van der Waals surface area (Å²) < 4.78 is 0. The van der Waals surface area contributed by atoms with Crippen molar-refractivity contribution in [2.45, 2.75) is 0 Å². The van der Waals surface area contributed by atoms with Crippen molar-refractivity contribution in [2.75, 3.05) is 0 Å². The standard InChI is InChI=1S/C12H9N3O2/c16-11-7-2-1-4-8(11)9-5-3-6-10-12(9)14-15(17)13-10/h1-7,16-17H. The molecule has 0 aliphatic carbocycles. The van der Waals surface area contributed by atoms with Gasteiger partial charge in [-0.1, -0.05) is 30.3 Å². The molecule has 0 amide bonds. The number of phenols is 1. The Balaban J connectivity index is 2.34. The number of hydrogen-bond donors (Lipinski definition) is 2. The molecule has 0 fully saturated rings. The maximum Gasteiger partial charge on any atom is 0.124 e. The largest absolute Gasteiger partial charge is 0.507 e. The van der Waals surface area contributed by atoms with Crippen molar-refractivity contribution >= 4 is 11.0 Å². The summed E-state index contributed by atoms with van der Waals surface area (Å²) in [5, 5.41) is 26.7. The van der Waals surface area contributed by atoms with Gasteiger partial charge in [0.2, 0.25) is 0 Å². The molecule has 84 valence electrons. The molecule has 2 aromatic carbocycles. The molecule has 0 bridgehead atoms. The summed E-state index contributed by atoms with van der Waals surface area (Å²) in [6.07, 6.45) is 0. The molecule has 0 aliphatic heterocycles. The molecule has 0 unspecified atom stereocenters. The van der Waals surface area contributed by atoms with Crippen molar-refractivity contribution in [3.63, 3.8) is 0 Å². The van der Waals surface area contributed by atoms with Crippen molar-refractivity contribution in [3.8, 4) is 16.9 Å². The number of benzene rings is 2. The normalized spacial score (nSPS) is 10.8. The van der Waals surface area contributed by atoms with Crippen molar-refractivity contribution in [1.82, 2.24) is 15.2 Å². The number of nitrogens with zero attached hydrogens (tertiary/aromatic N) is 3. The zero-order valence-corrected chi connectivity index (χ0v) is 8.78. The van der Waals surface area contributed by atoms with E-state index >= 15 is 0 Å². The van der Waals surface area contributed by atoms with E-state index in [4.69, 9.17) is 0 Å². The predicted octanol–water partition coefficient (Wildman–Crippen LogP) is 2.04. The summed E-state index contributed by atoms with van der Waals surface area (Å²) in [6.45, 7) is 0. The number of para-hydroxylation sites is 1. The van der Waals surface area contributed by atoms with Gasteiger partial charge in [0.25, 0.3) is 0 Å². The van der Waals surface area contributed by atoms with Gasteiger partial charge in [0.1, 0.15) is 16.8 Å². The second kappa shape index (κ2) is 3.48. The Hall–Kier alpha value is -2.56. The summed E-state index contributed by atoms with van der Waals surface area (Å²) >= 11 is 0. The van der Waals surface area contributed by atoms with Crippen molar-refractivity contribution in [1.29, 1.82) is 0 Å². The highest BCUT2D eigenvalue weighted by Crippen LogP contribution is 2.32. The lowest BCUT2D eigenvalue weighted by Gasteiger charge is -2.03. The molecule has 2 N–H and O–H groups in total. The smallest absolute Gasteiger partial charge is 0.124 e. The first kappa shape index (κ1) is 9.65. The highest BCUT2D eigenvalue weighted by molar-refractivity contribution is 5.92. The molecule has 5 nitrogen and oxygen atoms in total. The van der Waals surface area contributed by atoms with E-state index in [1.165, 1.54) is 0 Å². The van der Waals surface area contributed by atoms with E-state index in [-0.39, 0.29) is 5.75 Å². The van der Waals surface area contributed by atoms with Gasteiger partial charge in [-0.3, -0.25) is 0 Å². The molecule has 0 radical (unpaired) electrons. The molecule has 0 saturated heterocycles. The molecule has 17 heavy (non-hydrogen) atoms. The van der Waals surface area contributed by atoms with Gasteiger partial charge in [-0.15, -0.1) is 10.2 Å². The van der Waals surface area contributed by atoms with Crippen molar-refractivity contribution in [3.05, 3.63) is 42.5 Å². The summed E-state index contributed by atoms with van der Waals surface area (Å²) in [5.74, 6) is 0.174. The molecule has 1 heterocycles. The second-order valence-electron chi connectivity index (χ2n) is 3.66. The summed E-state index contributed by atoms with van der Waals surface area (Å²) in [7, 11) is 0. The van der Waals surface area contributed by atoms with Crippen LogP contribution in [0.4, 0.5) is 0 Å². The monoisotopic (exact) mass is 227 g/mol. The van der Waals surface area contributed by atoms with Crippen LogP contribution in [0.3, 0.4) is 0 Å². The topological polar surface area (TPSA) is 71.2 Å². The lowest BCUT2D eigenvalue weighted by molar-refractivity contribution is 0.113. The zero-order chi connectivity index (χ0) is 11.8. The number of rotatable bonds is 1. The van der Waals surface area contributed by atoms with Crippen LogP contribution in [0.25, 0.3) is 22.2 Å². The van der Waals surface area contributed by atoms with Crippen LogP contribution in [0.2, 0.25) is 0 Å². The van der Waals surface area contributed by atoms with Crippen molar-refractivity contribution < 1.29 is 10.3 Å². The van der Waals surface area contributed by atoms with Crippen LogP contribution < -0.4 is 0 Å². The van der Waals surface area contributed by atoms with Crippen LogP contribution in [0, 0.1) is 0 Å². The fourth-order valence-electron chi connectivity index (χ4n) is 1.84. The average molecular weight is 227 g/mol. The van der Waals surface area contributed by atoms with Gasteiger partial charge in [-0.05, 0) is 17.1 Å². The maximum absolute atomic E-state index is 9.81. The fourth-order valence-corrected chi connectivity index (χ4v) is 1.84. The number of hydrogen-bond acceptors (Lipinski definition) is 4. The fraction of sp³-hybridized carbons (Fsp3) is 0. The second-order valence-corrected chi connectivity index (χ2v) is 3.66. The quantitative estimate of drug-likeness (QED) is 0.624. The minimum atomic E-state index is 0.174. The van der Waals surface area contributed by atoms with E-state index in [2.05, 4.69) is 10.2 Å².